The van der Waals surface area contributed by atoms with E-state index in [4.69, 9.17) is 35.3 Å². The Morgan fingerprint density at radius 1 is 0.444 bits per heavy atom. The highest BCUT2D eigenvalue weighted by molar-refractivity contribution is 6.23. The van der Waals surface area contributed by atoms with Gasteiger partial charge in [0.2, 0.25) is 41.3 Å². The molecule has 0 saturated carbocycles. The third kappa shape index (κ3) is 37.3. The van der Waals surface area contributed by atoms with E-state index < -0.39 is 126 Å². The van der Waals surface area contributed by atoms with Gasteiger partial charge in [-0.2, -0.15) is 65.7 Å². The second-order valence-electron chi connectivity index (χ2n) is 26.4. The van der Waals surface area contributed by atoms with E-state index in [0.717, 1.165) is 35.2 Å². The molecule has 51 heteroatoms. The molecule has 732 valence electrons. The summed E-state index contributed by atoms with van der Waals surface area (Å²) in [6, 6.07) is 30.5. The van der Waals surface area contributed by atoms with Gasteiger partial charge >= 0.3 is 62.4 Å². The number of aromatic nitrogens is 10. The number of aliphatic hydroxyl groups is 2. The number of rotatable bonds is 26. The lowest BCUT2D eigenvalue weighted by molar-refractivity contribution is -0.148. The van der Waals surface area contributed by atoms with Crippen molar-refractivity contribution in [2.75, 3.05) is 51.6 Å². The number of carbonyl (C=O) groups excluding carboxylic acids is 7. The number of ketones is 1. The average molecular weight is 1930 g/mol. The van der Waals surface area contributed by atoms with Crippen molar-refractivity contribution in [1.82, 2.24) is 59.8 Å². The van der Waals surface area contributed by atoms with E-state index >= 15 is 0 Å². The number of halogens is 14. The molecule has 0 atom stereocenters. The van der Waals surface area contributed by atoms with E-state index in [1.54, 1.807) is 69.6 Å². The molecule has 11 N–H and O–H groups in total. The Bertz CT molecular complexity index is 5650. The highest BCUT2D eigenvalue weighted by atomic mass is 19.3. The summed E-state index contributed by atoms with van der Waals surface area (Å²) < 4.78 is 224. The monoisotopic (exact) mass is 1930 g/mol. The molecule has 135 heavy (non-hydrogen) atoms. The molecule has 6 aromatic carbocycles. The number of hydrogen-bond acceptors (Lipinski definition) is 30. The summed E-state index contributed by atoms with van der Waals surface area (Å²) in [7, 11) is 10.7. The molecule has 1 amide bonds. The second kappa shape index (κ2) is 56.2. The summed E-state index contributed by atoms with van der Waals surface area (Å²) in [5.74, 6) is -5.41. The van der Waals surface area contributed by atoms with Crippen LogP contribution in [0.3, 0.4) is 0 Å². The van der Waals surface area contributed by atoms with Crippen LogP contribution in [0.4, 0.5) is 77.9 Å². The first-order chi connectivity index (χ1) is 63.6. The minimum atomic E-state index is -3.20. The highest BCUT2D eigenvalue weighted by Crippen LogP contribution is 2.41. The number of nitrogens with two attached hydrogens (primary N) is 2. The number of aromatic hydroxyl groups is 1. The number of aryl methyl sites for hydroxylation is 5. The van der Waals surface area contributed by atoms with Crippen LogP contribution in [0.1, 0.15) is 90.3 Å². The van der Waals surface area contributed by atoms with Gasteiger partial charge in [-0.1, -0.05) is 0 Å². The molecule has 37 nitrogen and oxygen atoms in total. The number of nitrogen functional groups attached to an aromatic ring is 1. The molecular formula is C84H92F14N16O21. The predicted molar refractivity (Wildman–Crippen MR) is 453 cm³/mol. The largest absolute Gasteiger partial charge is 0.504 e. The van der Waals surface area contributed by atoms with Crippen LogP contribution in [-0.4, -0.2) is 202 Å². The number of aromatic carboxylic acids is 1. The molecule has 0 saturated heterocycles. The molecule has 0 spiro atoms. The number of benzene rings is 6. The first-order valence-corrected chi connectivity index (χ1v) is 38.6. The Balaban J connectivity index is 0.000000404. The molecule has 5 heterocycles. The quantitative estimate of drug-likeness (QED) is 0.00232. The molecule has 0 radical (unpaired) electrons. The SMILES string of the molecule is CCOC(=O)/C=N/NC.CCOC(=O)C=O.CCOC(=O)c1nn(C)c(-c2ccc(F)cc2)c1O.CCOC(=O)c1nn(C)c(-c2ccc(F)cc2)c1OC(F)F.CNN.Cn1nc(C(=O)O)c(OC(F)F)c1-c1ccc(F)cc1.Cn1nc(N)c(OC(F)F)c1-c1ccc(F)cc1.Cn1nc(NC(=O)OC(C)(C)C)c(OC(F)F)c1-c1ccc(F)cc1.O=C(c1ccc(F)cc1)C(O)O. The highest BCUT2D eigenvalue weighted by Gasteiger charge is 2.32. The van der Waals surface area contributed by atoms with Gasteiger partial charge in [-0.3, -0.25) is 49.6 Å². The zero-order valence-electron chi connectivity index (χ0n) is 73.8. The molecule has 0 aliphatic carbocycles. The fourth-order valence-corrected chi connectivity index (χ4v) is 10.5. The number of carboxylic acid groups (broad SMARTS) is 1. The second-order valence-corrected chi connectivity index (χ2v) is 26.4. The van der Waals surface area contributed by atoms with Crippen molar-refractivity contribution in [2.24, 2.45) is 46.2 Å². The molecule has 0 unspecified atom stereocenters. The number of aliphatic hydroxyl groups excluding tert-OH is 1. The molecule has 0 aliphatic rings. The van der Waals surface area contributed by atoms with Crippen molar-refractivity contribution in [3.8, 4) is 85.0 Å². The molecule has 0 bridgehead atoms. The van der Waals surface area contributed by atoms with Crippen LogP contribution in [-0.2, 0) is 73.3 Å². The number of ether oxygens (including phenoxy) is 9. The number of hydrogen-bond donors (Lipinski definition) is 9. The van der Waals surface area contributed by atoms with Crippen LogP contribution in [0.5, 0.6) is 28.7 Å². The van der Waals surface area contributed by atoms with Crippen LogP contribution in [0, 0.1) is 34.9 Å². The fraction of sp³-hybridized carbons (Fsp3) is 0.286. The lowest BCUT2D eigenvalue weighted by atomic mass is 10.1. The number of carboxylic acids is 1. The van der Waals surface area contributed by atoms with Gasteiger partial charge in [-0.15, -0.1) is 0 Å². The Morgan fingerprint density at radius 3 is 1.08 bits per heavy atom. The Hall–Kier alpha value is -15.5. The average Bonchev–Trinajstić information content (AvgIpc) is 1.64. The number of Topliss-reactive ketones (excluding diaryl/α,β-unsaturated/α-hetero) is 1. The van der Waals surface area contributed by atoms with Gasteiger partial charge in [0.25, 0.3) is 0 Å². The van der Waals surface area contributed by atoms with E-state index in [0.29, 0.717) is 40.1 Å². The van der Waals surface area contributed by atoms with Gasteiger partial charge < -0.3 is 74.2 Å². The van der Waals surface area contributed by atoms with E-state index in [2.05, 4.69) is 81.0 Å². The molecule has 11 aromatic rings. The van der Waals surface area contributed by atoms with Gasteiger partial charge in [0.15, 0.2) is 34.6 Å². The number of aldehydes is 1. The summed E-state index contributed by atoms with van der Waals surface area (Å²) in [6.07, 6.45) is -1.67. The van der Waals surface area contributed by atoms with Crippen molar-refractivity contribution in [1.29, 1.82) is 0 Å². The summed E-state index contributed by atoms with van der Waals surface area (Å²) in [6.45, 7) is 0.0252. The van der Waals surface area contributed by atoms with Crippen molar-refractivity contribution in [2.45, 2.75) is 86.8 Å². The number of nitrogens with zero attached hydrogens (tertiary/aromatic N) is 11. The first kappa shape index (κ1) is 114. The normalized spacial score (nSPS) is 10.5. The minimum absolute atomic E-state index is 0.0303. The lowest BCUT2D eigenvalue weighted by Crippen LogP contribution is -2.27. The third-order valence-corrected chi connectivity index (χ3v) is 15.6. The minimum Gasteiger partial charge on any atom is -0.504 e. The van der Waals surface area contributed by atoms with E-state index in [1.165, 1.54) is 168 Å². The molecule has 5 aromatic heterocycles. The van der Waals surface area contributed by atoms with Crippen LogP contribution in [0.15, 0.2) is 151 Å². The molecule has 0 aliphatic heterocycles. The van der Waals surface area contributed by atoms with Crippen LogP contribution >= 0.6 is 0 Å². The molecule has 0 fully saturated rings. The number of esters is 4. The van der Waals surface area contributed by atoms with Gasteiger partial charge in [0, 0.05) is 75.7 Å². The van der Waals surface area contributed by atoms with Crippen LogP contribution < -0.4 is 46.7 Å². The molecule has 11 rings (SSSR count). The zero-order chi connectivity index (χ0) is 102. The van der Waals surface area contributed by atoms with Gasteiger partial charge in [-0.25, -0.2) is 55.1 Å². The number of amides is 1. The number of alkyl halides is 8. The summed E-state index contributed by atoms with van der Waals surface area (Å²) >= 11 is 0. The topological polar surface area (TPSA) is 490 Å². The number of anilines is 2. The summed E-state index contributed by atoms with van der Waals surface area (Å²) in [5.41, 5.74) is 11.4. The van der Waals surface area contributed by atoms with Crippen molar-refractivity contribution in [3.63, 3.8) is 0 Å². The molecular weight excluding hydrogens is 1830 g/mol. The predicted octanol–water partition coefficient (Wildman–Crippen LogP) is 13.1. The maximum Gasteiger partial charge on any atom is 0.413 e. The third-order valence-electron chi connectivity index (χ3n) is 15.6. The van der Waals surface area contributed by atoms with Crippen molar-refractivity contribution >= 4 is 65.9 Å². The fourth-order valence-electron chi connectivity index (χ4n) is 10.5. The van der Waals surface area contributed by atoms with Crippen molar-refractivity contribution < 1.29 is 163 Å². The lowest BCUT2D eigenvalue weighted by Gasteiger charge is -2.19. The first-order valence-electron chi connectivity index (χ1n) is 38.6. The van der Waals surface area contributed by atoms with Crippen molar-refractivity contribution in [3.05, 3.63) is 203 Å². The van der Waals surface area contributed by atoms with Crippen LogP contribution in [0.2, 0.25) is 0 Å². The maximum absolute atomic E-state index is 13.1. The zero-order valence-corrected chi connectivity index (χ0v) is 73.8. The Morgan fingerprint density at radius 2 is 0.741 bits per heavy atom. The maximum atomic E-state index is 13.1. The van der Waals surface area contributed by atoms with Gasteiger partial charge in [-0.05, 0) is 201 Å². The number of hydrazone groups is 1. The van der Waals surface area contributed by atoms with E-state index in [9.17, 15) is 105 Å². The Kier molecular flexibility index (Phi) is 47.3. The number of carbonyl (C=O) groups is 8. The smallest absolute Gasteiger partial charge is 0.413 e. The standard InChI is InChI=1S/C16H18F3N3O3.C14H13F3N2O3.C13H13FN2O3.C12H9F3N2O3.C11H10F3N3O.C8H7FO3.C5H10N2O2.C4H6O3.CH6N2/c1-16(2,3)25-15(23)20-13-12(24-14(18)19)11(22(4)21-13)9-5-7-10(17)8-6-9;1-3-21-13(20)10-12(22-14(16)17)11(19(2)18-10)8-4-6-9(15)7-5-8;1-3-19-13(18)10-12(17)11(16(2)15-10)8-4-6-9(14)7-5-8;1-17-9(6-2-4-7(13)5-3-6)10(20-12(14)15)8(16-17)11(18)19;1-17-8(6-2-4-7(12)5-3-6)9(10(15)16-17)18-11(13)14;9-6-3-1-5(2-4-6)7(10)8(11)12;1-3-9-5(8)4-7-6-2;1-2-7-4(6)3-5;1-3-2/h5-8,14H,1-4H3,(H,20,21,23);4-7,14H,3H2,1-2H3;4-7,17H,3H2,1-2H3;2-5,12H,1H3,(H,18,19);2-5,11H,1H3,(H2,15,16);1-4,8,11-12H;4,6H,3H2,1-2H3;3H,2H2,1H3;3H,2H2,1H3/b;;;;;;7-4+;;. The number of nitrogens with one attached hydrogen (secondary N) is 3. The Labute approximate surface area is 758 Å². The summed E-state index contributed by atoms with van der Waals surface area (Å²) in [4.78, 5) is 86.8. The van der Waals surface area contributed by atoms with Gasteiger partial charge in [0.05, 0.1) is 26.4 Å². The summed E-state index contributed by atoms with van der Waals surface area (Å²) in [5, 5.41) is 60.9. The van der Waals surface area contributed by atoms with E-state index in [1.807, 2.05) is 0 Å². The number of hydrazine groups is 1. The van der Waals surface area contributed by atoms with Crippen LogP contribution in [0.25, 0.3) is 56.3 Å². The van der Waals surface area contributed by atoms with E-state index in [-0.39, 0.29) is 101 Å². The van der Waals surface area contributed by atoms with Gasteiger partial charge in [0.1, 0.15) is 75.2 Å².